The monoisotopic (exact) mass is 121 g/mol. The Labute approximate surface area is 37.0 Å². The van der Waals surface area contributed by atoms with Gasteiger partial charge in [0.2, 0.25) is 0 Å². The standard InChI is InChI=1S/C3H6.BrH/c1-2-3-1;/h1-3H2;1H/p-1. The van der Waals surface area contributed by atoms with E-state index in [9.17, 15) is 0 Å². The van der Waals surface area contributed by atoms with Gasteiger partial charge >= 0.3 is 0 Å². The molecule has 0 atom stereocenters. The van der Waals surface area contributed by atoms with E-state index in [1.807, 2.05) is 0 Å². The fourth-order valence-corrected chi connectivity index (χ4v) is 0. The summed E-state index contributed by atoms with van der Waals surface area (Å²) >= 11 is 0. The Bertz CT molecular complexity index is 8.00. The Hall–Kier alpha value is 0.480. The zero-order valence-electron chi connectivity index (χ0n) is 2.50. The predicted octanol–water partition coefficient (Wildman–Crippen LogP) is -1.83. The minimum atomic E-state index is 0. The van der Waals surface area contributed by atoms with Crippen molar-refractivity contribution in [2.75, 3.05) is 0 Å². The van der Waals surface area contributed by atoms with E-state index in [2.05, 4.69) is 0 Å². The van der Waals surface area contributed by atoms with E-state index < -0.39 is 0 Å². The van der Waals surface area contributed by atoms with Crippen molar-refractivity contribution in [2.45, 2.75) is 19.3 Å². The molecule has 1 rings (SSSR count). The highest BCUT2D eigenvalue weighted by molar-refractivity contribution is 4.50. The highest BCUT2D eigenvalue weighted by atomic mass is 79.9. The van der Waals surface area contributed by atoms with Crippen LogP contribution in [0.3, 0.4) is 0 Å². The lowest BCUT2D eigenvalue weighted by Crippen LogP contribution is -3.00. The van der Waals surface area contributed by atoms with Crippen molar-refractivity contribution in [1.82, 2.24) is 0 Å². The summed E-state index contributed by atoms with van der Waals surface area (Å²) in [4.78, 5) is 0. The van der Waals surface area contributed by atoms with Gasteiger partial charge in [-0.15, -0.1) is 0 Å². The molecule has 0 unspecified atom stereocenters. The van der Waals surface area contributed by atoms with Gasteiger partial charge in [0.05, 0.1) is 0 Å². The third-order valence-corrected chi connectivity index (χ3v) is 0.354. The maximum absolute atomic E-state index is 1.50. The van der Waals surface area contributed by atoms with Crippen molar-refractivity contribution in [1.29, 1.82) is 0 Å². The van der Waals surface area contributed by atoms with Gasteiger partial charge in [0.25, 0.3) is 0 Å². The van der Waals surface area contributed by atoms with E-state index >= 15 is 0 Å². The molecule has 1 saturated carbocycles. The predicted molar refractivity (Wildman–Crippen MR) is 13.9 cm³/mol. The topological polar surface area (TPSA) is 0 Å². The molecule has 0 aromatic carbocycles. The average Bonchev–Trinajstić information content (AvgIpc) is 1.46. The Balaban J connectivity index is 0.0000000900. The van der Waals surface area contributed by atoms with Gasteiger partial charge in [-0.05, 0) is 0 Å². The van der Waals surface area contributed by atoms with Gasteiger partial charge < -0.3 is 17.0 Å². The van der Waals surface area contributed by atoms with Crippen LogP contribution in [0.5, 0.6) is 0 Å². The highest BCUT2D eigenvalue weighted by Crippen LogP contribution is 2.14. The lowest BCUT2D eigenvalue weighted by atomic mass is 11.0. The molecule has 0 aromatic rings. The molecule has 0 nitrogen and oxygen atoms in total. The number of hydrogen-bond donors (Lipinski definition) is 0. The van der Waals surface area contributed by atoms with Crippen molar-refractivity contribution in [2.24, 2.45) is 0 Å². The molecule has 0 amide bonds. The number of halogens is 1. The molecule has 1 heteroatoms. The van der Waals surface area contributed by atoms with Gasteiger partial charge in [-0.1, -0.05) is 19.3 Å². The summed E-state index contributed by atoms with van der Waals surface area (Å²) in [6.45, 7) is 0. The van der Waals surface area contributed by atoms with Crippen LogP contribution >= 0.6 is 0 Å². The van der Waals surface area contributed by atoms with Crippen LogP contribution < -0.4 is 17.0 Å². The fraction of sp³-hybridized carbons (Fsp3) is 1.00. The maximum Gasteiger partial charge on any atom is -0.0533 e. The van der Waals surface area contributed by atoms with E-state index in [0.717, 1.165) is 0 Å². The summed E-state index contributed by atoms with van der Waals surface area (Å²) in [5, 5.41) is 0. The highest BCUT2D eigenvalue weighted by Gasteiger charge is 1.95. The molecule has 1 fully saturated rings. The molecule has 0 aromatic heterocycles. The van der Waals surface area contributed by atoms with Gasteiger partial charge in [-0.3, -0.25) is 0 Å². The molecular weight excluding hydrogens is 116 g/mol. The SMILES string of the molecule is C1CC1.[Br-]. The first kappa shape index (κ1) is 4.48. The first-order chi connectivity index (χ1) is 1.50. The molecule has 1 aliphatic carbocycles. The van der Waals surface area contributed by atoms with E-state index in [0.29, 0.717) is 0 Å². The lowest BCUT2D eigenvalue weighted by molar-refractivity contribution is -0.000000666. The summed E-state index contributed by atoms with van der Waals surface area (Å²) in [7, 11) is 0. The lowest BCUT2D eigenvalue weighted by Gasteiger charge is -1.05. The minimum absolute atomic E-state index is 0. The first-order valence-electron chi connectivity index (χ1n) is 1.50. The van der Waals surface area contributed by atoms with Crippen LogP contribution in [0, 0.1) is 0 Å². The van der Waals surface area contributed by atoms with Gasteiger partial charge in [0.15, 0.2) is 0 Å². The molecule has 26 valence electrons. The van der Waals surface area contributed by atoms with Crippen LogP contribution in [0.15, 0.2) is 0 Å². The Morgan fingerprint density at radius 3 is 1.00 bits per heavy atom. The largest absolute Gasteiger partial charge is 1.00 e. The Morgan fingerprint density at radius 1 is 0.750 bits per heavy atom. The minimum Gasteiger partial charge on any atom is -1.00 e. The van der Waals surface area contributed by atoms with Crippen molar-refractivity contribution < 1.29 is 17.0 Å². The third kappa shape index (κ3) is 2.48. The maximum atomic E-state index is 1.50. The Morgan fingerprint density at radius 2 is 1.00 bits per heavy atom. The first-order valence-corrected chi connectivity index (χ1v) is 1.50. The van der Waals surface area contributed by atoms with Crippen LogP contribution in [0.1, 0.15) is 19.3 Å². The summed E-state index contributed by atoms with van der Waals surface area (Å²) in [6.07, 6.45) is 4.50. The van der Waals surface area contributed by atoms with Crippen molar-refractivity contribution >= 4 is 0 Å². The quantitative estimate of drug-likeness (QED) is 0.354. The molecule has 4 heavy (non-hydrogen) atoms. The van der Waals surface area contributed by atoms with Crippen LogP contribution in [0.2, 0.25) is 0 Å². The third-order valence-electron chi connectivity index (χ3n) is 0.354. The summed E-state index contributed by atoms with van der Waals surface area (Å²) < 4.78 is 0. The van der Waals surface area contributed by atoms with Crippen molar-refractivity contribution in [3.8, 4) is 0 Å². The molecule has 0 spiro atoms. The second kappa shape index (κ2) is 1.77. The molecule has 0 radical (unpaired) electrons. The van der Waals surface area contributed by atoms with E-state index in [4.69, 9.17) is 0 Å². The average molecular weight is 122 g/mol. The Kier molecular flexibility index (Phi) is 1.98. The summed E-state index contributed by atoms with van der Waals surface area (Å²) in [5.74, 6) is 0. The van der Waals surface area contributed by atoms with Gasteiger partial charge in [-0.25, -0.2) is 0 Å². The smallest absolute Gasteiger partial charge is 0.0533 e. The van der Waals surface area contributed by atoms with Gasteiger partial charge in [0, 0.05) is 0 Å². The second-order valence-corrected chi connectivity index (χ2v) is 1.06. The molecule has 0 heterocycles. The molecule has 0 saturated heterocycles. The van der Waals surface area contributed by atoms with E-state index in [1.54, 1.807) is 0 Å². The van der Waals surface area contributed by atoms with Gasteiger partial charge in [-0.2, -0.15) is 0 Å². The molecule has 0 bridgehead atoms. The zero-order chi connectivity index (χ0) is 2.12. The van der Waals surface area contributed by atoms with Crippen LogP contribution in [-0.4, -0.2) is 0 Å². The van der Waals surface area contributed by atoms with E-state index in [1.165, 1.54) is 19.3 Å². The number of rotatable bonds is 0. The normalized spacial score (nSPS) is 18.0. The molecular formula is C3H6Br-. The second-order valence-electron chi connectivity index (χ2n) is 1.06. The zero-order valence-corrected chi connectivity index (χ0v) is 4.09. The summed E-state index contributed by atoms with van der Waals surface area (Å²) in [5.41, 5.74) is 0. The van der Waals surface area contributed by atoms with Crippen LogP contribution in [0.4, 0.5) is 0 Å². The van der Waals surface area contributed by atoms with Crippen molar-refractivity contribution in [3.63, 3.8) is 0 Å². The van der Waals surface area contributed by atoms with Crippen LogP contribution in [0.25, 0.3) is 0 Å². The molecule has 0 N–H and O–H groups in total. The van der Waals surface area contributed by atoms with Crippen molar-refractivity contribution in [3.05, 3.63) is 0 Å². The summed E-state index contributed by atoms with van der Waals surface area (Å²) in [6, 6.07) is 0. The van der Waals surface area contributed by atoms with Gasteiger partial charge in [0.1, 0.15) is 0 Å². The van der Waals surface area contributed by atoms with Crippen LogP contribution in [-0.2, 0) is 0 Å². The van der Waals surface area contributed by atoms with E-state index in [-0.39, 0.29) is 17.0 Å². The molecule has 0 aliphatic heterocycles. The molecule has 1 aliphatic rings. The number of hydrogen-bond acceptors (Lipinski definition) is 0. The fourth-order valence-electron chi connectivity index (χ4n) is 0.